The number of halogens is 2. The van der Waals surface area contributed by atoms with Crippen LogP contribution in [-0.2, 0) is 16.4 Å². The molecule has 2 heterocycles. The van der Waals surface area contributed by atoms with Crippen molar-refractivity contribution in [3.63, 3.8) is 0 Å². The van der Waals surface area contributed by atoms with Crippen LogP contribution in [0.15, 0.2) is 65.6 Å². The van der Waals surface area contributed by atoms with Crippen molar-refractivity contribution in [2.45, 2.75) is 17.7 Å². The van der Waals surface area contributed by atoms with Gasteiger partial charge in [0, 0.05) is 12.1 Å². The number of aromatic nitrogens is 1. The minimum absolute atomic E-state index is 0.134. The van der Waals surface area contributed by atoms with Gasteiger partial charge in [0.1, 0.15) is 5.52 Å². The molecule has 10 heteroatoms. The number of sulfonamides is 1. The van der Waals surface area contributed by atoms with Crippen molar-refractivity contribution in [2.24, 2.45) is 0 Å². The predicted octanol–water partition coefficient (Wildman–Crippen LogP) is 6.00. The fourth-order valence-corrected chi connectivity index (χ4v) is 6.78. The molecule has 0 spiro atoms. The van der Waals surface area contributed by atoms with E-state index in [1.165, 1.54) is 39.9 Å². The summed E-state index contributed by atoms with van der Waals surface area (Å²) in [6, 6.07) is 16.7. The summed E-state index contributed by atoms with van der Waals surface area (Å²) in [6.45, 7) is 0.421. The summed E-state index contributed by atoms with van der Waals surface area (Å²) >= 11 is 13.6. The predicted molar refractivity (Wildman–Crippen MR) is 133 cm³/mol. The number of anilines is 2. The van der Waals surface area contributed by atoms with Crippen molar-refractivity contribution in [1.29, 1.82) is 0 Å². The molecule has 4 aromatic rings. The third-order valence-electron chi connectivity index (χ3n) is 5.44. The second kappa shape index (κ2) is 8.61. The van der Waals surface area contributed by atoms with E-state index < -0.39 is 15.9 Å². The number of carbonyl (C=O) groups excluding carboxylic acids is 1. The molecule has 1 N–H and O–H groups in total. The fourth-order valence-electron chi connectivity index (χ4n) is 3.82. The summed E-state index contributed by atoms with van der Waals surface area (Å²) in [5.74, 6) is -0.409. The van der Waals surface area contributed by atoms with Crippen molar-refractivity contribution in [3.8, 4) is 0 Å². The zero-order chi connectivity index (χ0) is 23.2. The maximum Gasteiger partial charge on any atom is 0.264 e. The van der Waals surface area contributed by atoms with Gasteiger partial charge < -0.3 is 0 Å². The summed E-state index contributed by atoms with van der Waals surface area (Å²) in [7, 11) is -3.74. The summed E-state index contributed by atoms with van der Waals surface area (Å²) in [5.41, 5.74) is 2.55. The number of nitrogens with one attached hydrogen (secondary N) is 1. The molecule has 0 saturated heterocycles. The van der Waals surface area contributed by atoms with Gasteiger partial charge in [0.05, 0.1) is 25.3 Å². The molecule has 0 radical (unpaired) electrons. The van der Waals surface area contributed by atoms with Crippen LogP contribution in [0.3, 0.4) is 0 Å². The van der Waals surface area contributed by atoms with Gasteiger partial charge in [0.25, 0.3) is 15.9 Å². The van der Waals surface area contributed by atoms with Gasteiger partial charge in [-0.05, 0) is 60.9 Å². The Morgan fingerprint density at radius 2 is 1.73 bits per heavy atom. The molecule has 1 aromatic heterocycles. The number of amides is 1. The molecular weight excluding hydrogens is 501 g/mol. The first-order valence-corrected chi connectivity index (χ1v) is 13.1. The molecule has 0 atom stereocenters. The van der Waals surface area contributed by atoms with Crippen molar-refractivity contribution >= 4 is 71.5 Å². The minimum atomic E-state index is -3.74. The Morgan fingerprint density at radius 1 is 1.00 bits per heavy atom. The van der Waals surface area contributed by atoms with Crippen molar-refractivity contribution in [3.05, 3.63) is 81.8 Å². The van der Waals surface area contributed by atoms with Crippen molar-refractivity contribution < 1.29 is 13.2 Å². The summed E-state index contributed by atoms with van der Waals surface area (Å²) < 4.78 is 28.7. The average molecular weight is 518 g/mol. The van der Waals surface area contributed by atoms with Crippen molar-refractivity contribution in [1.82, 2.24) is 4.98 Å². The zero-order valence-corrected chi connectivity index (χ0v) is 20.2. The maximum atomic E-state index is 13.3. The molecule has 6 nitrogen and oxygen atoms in total. The van der Waals surface area contributed by atoms with Crippen LogP contribution in [0.1, 0.15) is 22.3 Å². The molecule has 0 saturated carbocycles. The van der Waals surface area contributed by atoms with E-state index in [0.29, 0.717) is 43.2 Å². The molecule has 5 rings (SSSR count). The summed E-state index contributed by atoms with van der Waals surface area (Å²) in [6.07, 6.45) is 1.61. The third kappa shape index (κ3) is 4.08. The highest BCUT2D eigenvalue weighted by molar-refractivity contribution is 7.92. The summed E-state index contributed by atoms with van der Waals surface area (Å²) in [4.78, 5) is 17.2. The summed E-state index contributed by atoms with van der Waals surface area (Å²) in [5, 5.41) is 4.03. The molecule has 33 heavy (non-hydrogen) atoms. The normalized spacial score (nSPS) is 13.7. The van der Waals surface area contributed by atoms with Crippen LogP contribution in [0.2, 0.25) is 10.0 Å². The van der Waals surface area contributed by atoms with Crippen LogP contribution in [0, 0.1) is 0 Å². The second-order valence-electron chi connectivity index (χ2n) is 7.51. The van der Waals surface area contributed by atoms with Gasteiger partial charge in [-0.15, -0.1) is 0 Å². The van der Waals surface area contributed by atoms with E-state index in [9.17, 15) is 13.2 Å². The van der Waals surface area contributed by atoms with E-state index in [1.54, 1.807) is 12.1 Å². The highest BCUT2D eigenvalue weighted by Crippen LogP contribution is 2.36. The number of thiazole rings is 1. The van der Waals surface area contributed by atoms with Crippen LogP contribution in [-0.4, -0.2) is 25.9 Å². The van der Waals surface area contributed by atoms with Crippen LogP contribution in [0.4, 0.5) is 10.8 Å². The van der Waals surface area contributed by atoms with Gasteiger partial charge in [-0.2, -0.15) is 0 Å². The van der Waals surface area contributed by atoms with E-state index in [0.717, 1.165) is 18.4 Å². The molecule has 1 aliphatic heterocycles. The first kappa shape index (κ1) is 22.2. The van der Waals surface area contributed by atoms with Crippen LogP contribution in [0.25, 0.3) is 10.2 Å². The number of aryl methyl sites for hydroxylation is 1. The standard InChI is InChI=1S/C23H17Cl2N3O3S2/c24-17-11-12-18(25)21-20(17)26-23(32-21)27-22(29)15-7-9-16(10-8-15)33(30,31)28-13-3-5-14-4-1-2-6-19(14)28/h1-2,4,6-12H,3,5,13H2,(H,26,27,29). The van der Waals surface area contributed by atoms with Crippen LogP contribution in [0.5, 0.6) is 0 Å². The number of para-hydroxylation sites is 1. The monoisotopic (exact) mass is 517 g/mol. The number of fused-ring (bicyclic) bond motifs is 2. The quantitative estimate of drug-likeness (QED) is 0.360. The Bertz CT molecular complexity index is 1450. The van der Waals surface area contributed by atoms with E-state index in [1.807, 2.05) is 24.3 Å². The largest absolute Gasteiger partial charge is 0.298 e. The lowest BCUT2D eigenvalue weighted by Gasteiger charge is -2.30. The molecule has 0 aliphatic carbocycles. The van der Waals surface area contributed by atoms with Gasteiger partial charge in [0.2, 0.25) is 0 Å². The molecule has 168 valence electrons. The molecule has 1 aliphatic rings. The number of hydrogen-bond donors (Lipinski definition) is 1. The molecule has 0 fully saturated rings. The Labute approximate surface area is 204 Å². The Balaban J connectivity index is 1.38. The van der Waals surface area contributed by atoms with Gasteiger partial charge in [-0.25, -0.2) is 13.4 Å². The lowest BCUT2D eigenvalue weighted by atomic mass is 10.0. The van der Waals surface area contributed by atoms with E-state index in [4.69, 9.17) is 23.2 Å². The topological polar surface area (TPSA) is 79.4 Å². The van der Waals surface area contributed by atoms with E-state index in [-0.39, 0.29) is 4.90 Å². The van der Waals surface area contributed by atoms with E-state index in [2.05, 4.69) is 10.3 Å². The molecule has 0 bridgehead atoms. The van der Waals surface area contributed by atoms with Gasteiger partial charge in [0.15, 0.2) is 5.13 Å². The smallest absolute Gasteiger partial charge is 0.264 e. The molecular formula is C23H17Cl2N3O3S2. The molecule has 3 aromatic carbocycles. The molecule has 1 amide bonds. The second-order valence-corrected chi connectivity index (χ2v) is 11.2. The maximum absolute atomic E-state index is 13.3. The first-order chi connectivity index (χ1) is 15.8. The first-order valence-electron chi connectivity index (χ1n) is 10.1. The van der Waals surface area contributed by atoms with Gasteiger partial charge in [-0.1, -0.05) is 52.7 Å². The highest BCUT2D eigenvalue weighted by Gasteiger charge is 2.29. The average Bonchev–Trinajstić information content (AvgIpc) is 3.26. The Hall–Kier alpha value is -2.65. The molecule has 0 unspecified atom stereocenters. The number of hydrogen-bond acceptors (Lipinski definition) is 5. The van der Waals surface area contributed by atoms with Crippen LogP contribution >= 0.6 is 34.5 Å². The van der Waals surface area contributed by atoms with Crippen LogP contribution < -0.4 is 9.62 Å². The van der Waals surface area contributed by atoms with Gasteiger partial charge in [-0.3, -0.25) is 14.4 Å². The Morgan fingerprint density at radius 3 is 2.48 bits per heavy atom. The Kier molecular flexibility index (Phi) is 5.78. The zero-order valence-electron chi connectivity index (χ0n) is 17.1. The lowest BCUT2D eigenvalue weighted by Crippen LogP contribution is -2.35. The number of nitrogens with zero attached hydrogens (tertiary/aromatic N) is 2. The fraction of sp³-hybridized carbons (Fsp3) is 0.130. The SMILES string of the molecule is O=C(Nc1nc2c(Cl)ccc(Cl)c2s1)c1ccc(S(=O)(=O)N2CCCc3ccccc32)cc1. The van der Waals surface area contributed by atoms with E-state index >= 15 is 0 Å². The minimum Gasteiger partial charge on any atom is -0.298 e. The third-order valence-corrected chi connectivity index (χ3v) is 9.00. The lowest BCUT2D eigenvalue weighted by molar-refractivity contribution is 0.102. The van der Waals surface area contributed by atoms with Crippen molar-refractivity contribution in [2.75, 3.05) is 16.2 Å². The highest BCUT2D eigenvalue weighted by atomic mass is 35.5. The number of rotatable bonds is 4. The van der Waals surface area contributed by atoms with Gasteiger partial charge >= 0.3 is 0 Å². The number of benzene rings is 3. The number of carbonyl (C=O) groups is 1.